The largest absolute Gasteiger partial charge is 0.381 e. The second-order valence-corrected chi connectivity index (χ2v) is 6.71. The number of ether oxygens (including phenoxy) is 1. The number of hydrogen-bond acceptors (Lipinski definition) is 2. The maximum absolute atomic E-state index is 5.73. The Labute approximate surface area is 129 Å². The van der Waals surface area contributed by atoms with E-state index in [1.54, 1.807) is 5.56 Å². The summed E-state index contributed by atoms with van der Waals surface area (Å²) >= 11 is 0. The van der Waals surface area contributed by atoms with Gasteiger partial charge in [0.25, 0.3) is 0 Å². The van der Waals surface area contributed by atoms with Gasteiger partial charge >= 0.3 is 0 Å². The van der Waals surface area contributed by atoms with Crippen LogP contribution in [0.3, 0.4) is 0 Å². The van der Waals surface area contributed by atoms with E-state index in [1.807, 2.05) is 0 Å². The van der Waals surface area contributed by atoms with Gasteiger partial charge in [-0.25, -0.2) is 0 Å². The molecule has 1 heterocycles. The van der Waals surface area contributed by atoms with Crippen molar-refractivity contribution in [1.82, 2.24) is 5.32 Å². The van der Waals surface area contributed by atoms with Crippen LogP contribution in [0.1, 0.15) is 68.5 Å². The monoisotopic (exact) mass is 287 g/mol. The lowest BCUT2D eigenvalue weighted by atomic mass is 9.78. The van der Waals surface area contributed by atoms with E-state index in [0.29, 0.717) is 12.0 Å². The zero-order valence-electron chi connectivity index (χ0n) is 13.3. The summed E-state index contributed by atoms with van der Waals surface area (Å²) in [5, 5.41) is 3.78. The highest BCUT2D eigenvalue weighted by Gasteiger charge is 2.26. The zero-order chi connectivity index (χ0) is 14.5. The third-order valence-electron chi connectivity index (χ3n) is 5.13. The number of nitrogens with one attached hydrogen (secondary N) is 1. The topological polar surface area (TPSA) is 21.3 Å². The molecule has 1 saturated heterocycles. The van der Waals surface area contributed by atoms with Crippen molar-refractivity contribution in [3.8, 4) is 0 Å². The maximum atomic E-state index is 5.73. The van der Waals surface area contributed by atoms with Crippen molar-refractivity contribution in [2.24, 2.45) is 5.92 Å². The van der Waals surface area contributed by atoms with Crippen LogP contribution in [-0.4, -0.2) is 19.8 Å². The van der Waals surface area contributed by atoms with E-state index in [1.165, 1.54) is 44.1 Å². The molecule has 0 radical (unpaired) electrons. The van der Waals surface area contributed by atoms with Gasteiger partial charge in [0.2, 0.25) is 0 Å². The summed E-state index contributed by atoms with van der Waals surface area (Å²) in [5.74, 6) is 1.45. The van der Waals surface area contributed by atoms with E-state index in [9.17, 15) is 0 Å². The Morgan fingerprint density at radius 3 is 2.81 bits per heavy atom. The van der Waals surface area contributed by atoms with Crippen LogP contribution in [0.25, 0.3) is 0 Å². The van der Waals surface area contributed by atoms with Gasteiger partial charge in [0.1, 0.15) is 0 Å². The van der Waals surface area contributed by atoms with Crippen LogP contribution in [0.4, 0.5) is 0 Å². The van der Waals surface area contributed by atoms with Gasteiger partial charge in [0, 0.05) is 18.6 Å². The molecule has 2 aliphatic rings. The summed E-state index contributed by atoms with van der Waals surface area (Å²) in [4.78, 5) is 0. The molecule has 2 heteroatoms. The quantitative estimate of drug-likeness (QED) is 0.836. The molecule has 1 aliphatic heterocycles. The Balaban J connectivity index is 1.77. The van der Waals surface area contributed by atoms with E-state index < -0.39 is 0 Å². The van der Waals surface area contributed by atoms with Crippen LogP contribution >= 0.6 is 0 Å². The minimum atomic E-state index is 0.463. The SMILES string of the molecule is CCCNC(c1cccc(C2CCC2)c1)C1CCCOC1. The van der Waals surface area contributed by atoms with Gasteiger partial charge in [-0.3, -0.25) is 0 Å². The molecule has 1 aromatic carbocycles. The third-order valence-corrected chi connectivity index (χ3v) is 5.13. The summed E-state index contributed by atoms with van der Waals surface area (Å²) in [6, 6.07) is 9.82. The van der Waals surface area contributed by atoms with E-state index in [-0.39, 0.29) is 0 Å². The molecule has 116 valence electrons. The van der Waals surface area contributed by atoms with Crippen molar-refractivity contribution in [1.29, 1.82) is 0 Å². The van der Waals surface area contributed by atoms with Crippen molar-refractivity contribution in [3.05, 3.63) is 35.4 Å². The maximum Gasteiger partial charge on any atom is 0.0512 e. The van der Waals surface area contributed by atoms with Crippen LogP contribution in [0, 0.1) is 5.92 Å². The summed E-state index contributed by atoms with van der Waals surface area (Å²) in [5.41, 5.74) is 3.03. The smallest absolute Gasteiger partial charge is 0.0512 e. The molecule has 1 saturated carbocycles. The standard InChI is InChI=1S/C19H29NO/c1-2-11-20-19(18-10-5-12-21-14-18)17-9-4-8-16(13-17)15-6-3-7-15/h4,8-9,13,15,18-20H,2-3,5-7,10-12,14H2,1H3. The van der Waals surface area contributed by atoms with Crippen molar-refractivity contribution in [2.45, 2.75) is 57.4 Å². The van der Waals surface area contributed by atoms with Crippen molar-refractivity contribution >= 4 is 0 Å². The van der Waals surface area contributed by atoms with Gasteiger partial charge in [-0.1, -0.05) is 37.6 Å². The van der Waals surface area contributed by atoms with E-state index in [2.05, 4.69) is 36.5 Å². The molecule has 21 heavy (non-hydrogen) atoms. The zero-order valence-corrected chi connectivity index (χ0v) is 13.3. The predicted molar refractivity (Wildman–Crippen MR) is 87.6 cm³/mol. The van der Waals surface area contributed by atoms with Crippen molar-refractivity contribution in [3.63, 3.8) is 0 Å². The molecule has 0 spiro atoms. The number of rotatable bonds is 6. The Bertz CT molecular complexity index is 435. The first-order valence-corrected chi connectivity index (χ1v) is 8.79. The van der Waals surface area contributed by atoms with Gasteiger partial charge in [-0.2, -0.15) is 0 Å². The minimum Gasteiger partial charge on any atom is -0.381 e. The fourth-order valence-corrected chi connectivity index (χ4v) is 3.63. The number of hydrogen-bond donors (Lipinski definition) is 1. The highest BCUT2D eigenvalue weighted by atomic mass is 16.5. The molecule has 0 aromatic heterocycles. The normalized spacial score (nSPS) is 24.5. The van der Waals surface area contributed by atoms with Gasteiger partial charge in [-0.05, 0) is 55.7 Å². The Morgan fingerprint density at radius 2 is 2.14 bits per heavy atom. The highest BCUT2D eigenvalue weighted by Crippen LogP contribution is 2.38. The lowest BCUT2D eigenvalue weighted by Gasteiger charge is -2.32. The lowest BCUT2D eigenvalue weighted by Crippen LogP contribution is -2.34. The van der Waals surface area contributed by atoms with Crippen LogP contribution in [-0.2, 0) is 4.74 Å². The molecule has 2 fully saturated rings. The highest BCUT2D eigenvalue weighted by molar-refractivity contribution is 5.30. The first-order chi connectivity index (χ1) is 10.4. The summed E-state index contributed by atoms with van der Waals surface area (Å²) in [6.45, 7) is 5.19. The van der Waals surface area contributed by atoms with Crippen LogP contribution in [0.5, 0.6) is 0 Å². The molecule has 3 rings (SSSR count). The average molecular weight is 287 g/mol. The molecule has 2 unspecified atom stereocenters. The van der Waals surface area contributed by atoms with Gasteiger partial charge in [0.05, 0.1) is 6.61 Å². The minimum absolute atomic E-state index is 0.463. The molecular formula is C19H29NO. The molecule has 1 aromatic rings. The first-order valence-electron chi connectivity index (χ1n) is 8.79. The first kappa shape index (κ1) is 15.1. The second-order valence-electron chi connectivity index (χ2n) is 6.71. The summed E-state index contributed by atoms with van der Waals surface area (Å²) in [7, 11) is 0. The molecule has 0 amide bonds. The van der Waals surface area contributed by atoms with Crippen molar-refractivity contribution in [2.75, 3.05) is 19.8 Å². The molecule has 1 N–H and O–H groups in total. The fraction of sp³-hybridized carbons (Fsp3) is 0.684. The van der Waals surface area contributed by atoms with E-state index in [0.717, 1.165) is 25.7 Å². The van der Waals surface area contributed by atoms with E-state index >= 15 is 0 Å². The lowest BCUT2D eigenvalue weighted by molar-refractivity contribution is 0.0390. The molecule has 2 nitrogen and oxygen atoms in total. The van der Waals surface area contributed by atoms with Gasteiger partial charge in [0.15, 0.2) is 0 Å². The van der Waals surface area contributed by atoms with Gasteiger partial charge < -0.3 is 10.1 Å². The summed E-state index contributed by atoms with van der Waals surface area (Å²) in [6.07, 6.45) is 7.84. The molecule has 2 atom stereocenters. The average Bonchev–Trinajstić information content (AvgIpc) is 2.47. The second kappa shape index (κ2) is 7.42. The van der Waals surface area contributed by atoms with Crippen LogP contribution in [0.15, 0.2) is 24.3 Å². The molecule has 1 aliphatic carbocycles. The van der Waals surface area contributed by atoms with Crippen LogP contribution < -0.4 is 5.32 Å². The fourth-order valence-electron chi connectivity index (χ4n) is 3.63. The van der Waals surface area contributed by atoms with Crippen molar-refractivity contribution < 1.29 is 4.74 Å². The predicted octanol–water partition coefficient (Wildman–Crippen LogP) is 4.42. The summed E-state index contributed by atoms with van der Waals surface area (Å²) < 4.78 is 5.73. The number of benzene rings is 1. The third kappa shape index (κ3) is 3.67. The Kier molecular flexibility index (Phi) is 5.32. The Morgan fingerprint density at radius 1 is 1.24 bits per heavy atom. The van der Waals surface area contributed by atoms with E-state index in [4.69, 9.17) is 4.74 Å². The Hall–Kier alpha value is -0.860. The molecular weight excluding hydrogens is 258 g/mol. The van der Waals surface area contributed by atoms with Crippen LogP contribution in [0.2, 0.25) is 0 Å². The van der Waals surface area contributed by atoms with Gasteiger partial charge in [-0.15, -0.1) is 0 Å². The molecule has 0 bridgehead atoms.